The highest BCUT2D eigenvalue weighted by atomic mass is 16.2. The lowest BCUT2D eigenvalue weighted by molar-refractivity contribution is -0.118. The Labute approximate surface area is 104 Å². The number of hydrogen-bond donors (Lipinski definition) is 1. The maximum absolute atomic E-state index is 11.9. The second kappa shape index (κ2) is 7.07. The van der Waals surface area contributed by atoms with E-state index in [1.165, 1.54) is 5.56 Å². The SMILES string of the molecule is CNCCCCC(=O)N(C)c1cccc(C)c1. The average molecular weight is 234 g/mol. The van der Waals surface area contributed by atoms with Gasteiger partial charge in [-0.25, -0.2) is 0 Å². The van der Waals surface area contributed by atoms with Gasteiger partial charge in [-0.1, -0.05) is 12.1 Å². The zero-order chi connectivity index (χ0) is 12.7. The van der Waals surface area contributed by atoms with E-state index in [4.69, 9.17) is 0 Å². The number of nitrogens with one attached hydrogen (secondary N) is 1. The van der Waals surface area contributed by atoms with Crippen LogP contribution < -0.4 is 10.2 Å². The zero-order valence-corrected chi connectivity index (χ0v) is 11.0. The smallest absolute Gasteiger partial charge is 0.226 e. The maximum Gasteiger partial charge on any atom is 0.226 e. The number of amides is 1. The molecule has 1 rings (SSSR count). The van der Waals surface area contributed by atoms with Gasteiger partial charge >= 0.3 is 0 Å². The lowest BCUT2D eigenvalue weighted by Gasteiger charge is -2.17. The average Bonchev–Trinajstić information content (AvgIpc) is 2.33. The van der Waals surface area contributed by atoms with Gasteiger partial charge in [-0.05, 0) is 51.1 Å². The van der Waals surface area contributed by atoms with E-state index in [2.05, 4.69) is 5.32 Å². The number of rotatable bonds is 6. The first kappa shape index (κ1) is 13.7. The molecule has 0 unspecified atom stereocenters. The summed E-state index contributed by atoms with van der Waals surface area (Å²) in [6.45, 7) is 3.01. The maximum atomic E-state index is 11.9. The van der Waals surface area contributed by atoms with Gasteiger partial charge < -0.3 is 10.2 Å². The molecule has 94 valence electrons. The fourth-order valence-corrected chi connectivity index (χ4v) is 1.73. The van der Waals surface area contributed by atoms with Crippen molar-refractivity contribution < 1.29 is 4.79 Å². The number of benzene rings is 1. The van der Waals surface area contributed by atoms with Gasteiger partial charge in [0.1, 0.15) is 0 Å². The van der Waals surface area contributed by atoms with Gasteiger partial charge in [0.2, 0.25) is 5.91 Å². The van der Waals surface area contributed by atoms with Crippen LogP contribution in [-0.4, -0.2) is 26.5 Å². The van der Waals surface area contributed by atoms with Crippen LogP contribution in [0.3, 0.4) is 0 Å². The Morgan fingerprint density at radius 1 is 1.35 bits per heavy atom. The number of aryl methyl sites for hydroxylation is 1. The van der Waals surface area contributed by atoms with Crippen molar-refractivity contribution in [2.45, 2.75) is 26.2 Å². The fourth-order valence-electron chi connectivity index (χ4n) is 1.73. The van der Waals surface area contributed by atoms with Crippen molar-refractivity contribution in [3.05, 3.63) is 29.8 Å². The molecule has 0 radical (unpaired) electrons. The molecule has 1 N–H and O–H groups in total. The molecule has 0 aliphatic rings. The first-order valence-corrected chi connectivity index (χ1v) is 6.13. The summed E-state index contributed by atoms with van der Waals surface area (Å²) in [5.41, 5.74) is 2.15. The van der Waals surface area contributed by atoms with Crippen LogP contribution in [-0.2, 0) is 4.79 Å². The van der Waals surface area contributed by atoms with Crippen molar-refractivity contribution in [2.75, 3.05) is 25.5 Å². The first-order chi connectivity index (χ1) is 8.15. The fraction of sp³-hybridized carbons (Fsp3) is 0.500. The highest BCUT2D eigenvalue weighted by Gasteiger charge is 2.09. The minimum Gasteiger partial charge on any atom is -0.320 e. The Hall–Kier alpha value is -1.35. The quantitative estimate of drug-likeness (QED) is 0.766. The standard InChI is InChI=1S/C14H22N2O/c1-12-7-6-8-13(11-12)16(3)14(17)9-4-5-10-15-2/h6-8,11,15H,4-5,9-10H2,1-3H3. The Kier molecular flexibility index (Phi) is 5.70. The Bertz CT molecular complexity index is 363. The molecule has 0 aliphatic heterocycles. The molecule has 0 saturated heterocycles. The first-order valence-electron chi connectivity index (χ1n) is 6.13. The van der Waals surface area contributed by atoms with E-state index in [1.54, 1.807) is 4.90 Å². The van der Waals surface area contributed by atoms with Crippen LogP contribution in [0.2, 0.25) is 0 Å². The molecule has 0 fully saturated rings. The summed E-state index contributed by atoms with van der Waals surface area (Å²) in [6.07, 6.45) is 2.60. The molecule has 0 spiro atoms. The second-order valence-corrected chi connectivity index (χ2v) is 4.35. The zero-order valence-electron chi connectivity index (χ0n) is 11.0. The molecule has 1 aromatic carbocycles. The molecule has 17 heavy (non-hydrogen) atoms. The highest BCUT2D eigenvalue weighted by Crippen LogP contribution is 2.15. The van der Waals surface area contributed by atoms with Crippen molar-refractivity contribution in [3.8, 4) is 0 Å². The Morgan fingerprint density at radius 3 is 2.76 bits per heavy atom. The number of nitrogens with zero attached hydrogens (tertiary/aromatic N) is 1. The molecule has 0 atom stereocenters. The van der Waals surface area contributed by atoms with E-state index in [9.17, 15) is 4.79 Å². The lowest BCUT2D eigenvalue weighted by atomic mass is 10.2. The van der Waals surface area contributed by atoms with Crippen molar-refractivity contribution >= 4 is 11.6 Å². The molecular weight excluding hydrogens is 212 g/mol. The lowest BCUT2D eigenvalue weighted by Crippen LogP contribution is -2.26. The summed E-state index contributed by atoms with van der Waals surface area (Å²) >= 11 is 0. The summed E-state index contributed by atoms with van der Waals surface area (Å²) in [5, 5.41) is 3.08. The highest BCUT2D eigenvalue weighted by molar-refractivity contribution is 5.92. The number of anilines is 1. The van der Waals surface area contributed by atoms with Crippen molar-refractivity contribution in [3.63, 3.8) is 0 Å². The molecule has 0 aromatic heterocycles. The van der Waals surface area contributed by atoms with Gasteiger partial charge in [0, 0.05) is 19.2 Å². The Morgan fingerprint density at radius 2 is 2.12 bits per heavy atom. The van der Waals surface area contributed by atoms with Crippen LogP contribution >= 0.6 is 0 Å². The molecule has 0 aliphatic carbocycles. The van der Waals surface area contributed by atoms with Crippen molar-refractivity contribution in [2.24, 2.45) is 0 Å². The van der Waals surface area contributed by atoms with Gasteiger partial charge in [0.25, 0.3) is 0 Å². The van der Waals surface area contributed by atoms with E-state index in [1.807, 2.05) is 45.3 Å². The molecule has 1 aromatic rings. The molecule has 3 heteroatoms. The molecule has 1 amide bonds. The van der Waals surface area contributed by atoms with Crippen LogP contribution in [0.1, 0.15) is 24.8 Å². The summed E-state index contributed by atoms with van der Waals surface area (Å²) < 4.78 is 0. The van der Waals surface area contributed by atoms with Gasteiger partial charge in [0.15, 0.2) is 0 Å². The van der Waals surface area contributed by atoms with Crippen LogP contribution in [0.15, 0.2) is 24.3 Å². The minimum absolute atomic E-state index is 0.187. The van der Waals surface area contributed by atoms with E-state index in [0.29, 0.717) is 6.42 Å². The van der Waals surface area contributed by atoms with E-state index < -0.39 is 0 Å². The predicted molar refractivity (Wildman–Crippen MR) is 72.4 cm³/mol. The molecular formula is C14H22N2O. The number of carbonyl (C=O) groups excluding carboxylic acids is 1. The third-order valence-electron chi connectivity index (χ3n) is 2.83. The van der Waals surface area contributed by atoms with E-state index >= 15 is 0 Å². The number of carbonyl (C=O) groups is 1. The van der Waals surface area contributed by atoms with Gasteiger partial charge in [-0.15, -0.1) is 0 Å². The minimum atomic E-state index is 0.187. The van der Waals surface area contributed by atoms with Gasteiger partial charge in [-0.2, -0.15) is 0 Å². The monoisotopic (exact) mass is 234 g/mol. The molecule has 0 bridgehead atoms. The summed E-state index contributed by atoms with van der Waals surface area (Å²) in [6, 6.07) is 8.02. The summed E-state index contributed by atoms with van der Waals surface area (Å²) in [7, 11) is 3.77. The van der Waals surface area contributed by atoms with Gasteiger partial charge in [0.05, 0.1) is 0 Å². The topological polar surface area (TPSA) is 32.3 Å². The van der Waals surface area contributed by atoms with Crippen LogP contribution in [0.4, 0.5) is 5.69 Å². The second-order valence-electron chi connectivity index (χ2n) is 4.35. The van der Waals surface area contributed by atoms with Crippen LogP contribution in [0, 0.1) is 6.92 Å². The molecule has 3 nitrogen and oxygen atoms in total. The summed E-state index contributed by atoms with van der Waals surface area (Å²) in [4.78, 5) is 13.7. The van der Waals surface area contributed by atoms with Crippen molar-refractivity contribution in [1.82, 2.24) is 5.32 Å². The third kappa shape index (κ3) is 4.57. The normalized spacial score (nSPS) is 10.3. The van der Waals surface area contributed by atoms with E-state index in [-0.39, 0.29) is 5.91 Å². The predicted octanol–water partition coefficient (Wildman–Crippen LogP) is 2.35. The van der Waals surface area contributed by atoms with Crippen LogP contribution in [0.25, 0.3) is 0 Å². The molecule has 0 heterocycles. The van der Waals surface area contributed by atoms with Crippen molar-refractivity contribution in [1.29, 1.82) is 0 Å². The number of hydrogen-bond acceptors (Lipinski definition) is 2. The Balaban J connectivity index is 2.46. The van der Waals surface area contributed by atoms with E-state index in [0.717, 1.165) is 25.1 Å². The third-order valence-corrected chi connectivity index (χ3v) is 2.83. The summed E-state index contributed by atoms with van der Waals surface area (Å²) in [5.74, 6) is 0.187. The largest absolute Gasteiger partial charge is 0.320 e. The van der Waals surface area contributed by atoms with Gasteiger partial charge in [-0.3, -0.25) is 4.79 Å². The molecule has 0 saturated carbocycles. The van der Waals surface area contributed by atoms with Crippen LogP contribution in [0.5, 0.6) is 0 Å². The number of unbranched alkanes of at least 4 members (excludes halogenated alkanes) is 1.